The Kier molecular flexibility index (Phi) is 5.93. The molecule has 1 saturated carbocycles. The summed E-state index contributed by atoms with van der Waals surface area (Å²) < 4.78 is 11.8. The van der Waals surface area contributed by atoms with Crippen LogP contribution >= 0.6 is 11.6 Å². The van der Waals surface area contributed by atoms with E-state index >= 15 is 0 Å². The molecule has 0 aliphatic heterocycles. The van der Waals surface area contributed by atoms with E-state index in [1.807, 2.05) is 19.2 Å². The minimum Gasteiger partial charge on any atom is -0.496 e. The molecule has 1 aliphatic rings. The van der Waals surface area contributed by atoms with Gasteiger partial charge in [-0.25, -0.2) is 9.97 Å². The van der Waals surface area contributed by atoms with Gasteiger partial charge in [-0.2, -0.15) is 10.4 Å². The Balaban J connectivity index is 1.60. The molecular weight excluding hydrogens is 418 g/mol. The third-order valence-electron chi connectivity index (χ3n) is 5.16. The first-order chi connectivity index (χ1) is 15.1. The number of nitrogens with zero attached hydrogens (tertiary/aromatic N) is 4. The smallest absolute Gasteiger partial charge is 0.158 e. The molecule has 1 fully saturated rings. The van der Waals surface area contributed by atoms with Crippen LogP contribution in [0.5, 0.6) is 11.5 Å². The van der Waals surface area contributed by atoms with Crippen molar-refractivity contribution in [3.8, 4) is 28.8 Å². The van der Waals surface area contributed by atoms with E-state index in [4.69, 9.17) is 26.3 Å². The topological polar surface area (TPSA) is 121 Å². The maximum Gasteiger partial charge on any atom is 0.158 e. The monoisotopic (exact) mass is 439 g/mol. The van der Waals surface area contributed by atoms with Crippen LogP contribution in [-0.4, -0.2) is 47.5 Å². The quantitative estimate of drug-likeness (QED) is 0.463. The van der Waals surface area contributed by atoms with Gasteiger partial charge in [0, 0.05) is 23.0 Å². The fourth-order valence-corrected chi connectivity index (χ4v) is 3.55. The molecule has 160 valence electrons. The normalized spacial score (nSPS) is 14.0. The number of hydrogen-bond donors (Lipinski definition) is 3. The number of rotatable bonds is 9. The van der Waals surface area contributed by atoms with Gasteiger partial charge in [-0.3, -0.25) is 5.10 Å². The lowest BCUT2D eigenvalue weighted by Gasteiger charge is -2.19. The number of aromatic nitrogens is 4. The summed E-state index contributed by atoms with van der Waals surface area (Å²) in [5.41, 5.74) is 1.84. The molecule has 10 heteroatoms. The molecule has 3 N–H and O–H groups in total. The molecule has 9 nitrogen and oxygen atoms in total. The second kappa shape index (κ2) is 8.79. The first-order valence-electron chi connectivity index (χ1n) is 9.76. The number of nitriles is 1. The van der Waals surface area contributed by atoms with Crippen molar-refractivity contribution < 1.29 is 9.47 Å². The molecule has 31 heavy (non-hydrogen) atoms. The van der Waals surface area contributed by atoms with Crippen LogP contribution in [0.4, 0.5) is 11.6 Å². The van der Waals surface area contributed by atoms with Crippen molar-refractivity contribution >= 4 is 23.2 Å². The summed E-state index contributed by atoms with van der Waals surface area (Å²) in [5, 5.41) is 23.0. The standard InChI is InChI=1S/C21H22ClN7O2/c1-24-11-21(3-4-21)12-31-17-6-13(22)5-16(30-2)20(17)15-7-18(29-28-15)27-19-10-25-14(8-23)9-26-19/h5-7,9-10,24H,3-4,11-12H2,1-2H3,(H2,26,27,28,29). The lowest BCUT2D eigenvalue weighted by molar-refractivity contribution is 0.232. The lowest BCUT2D eigenvalue weighted by atomic mass is 10.1. The molecule has 0 radical (unpaired) electrons. The number of nitrogens with one attached hydrogen (secondary N) is 3. The van der Waals surface area contributed by atoms with Gasteiger partial charge >= 0.3 is 0 Å². The molecule has 2 aromatic heterocycles. The molecule has 4 rings (SSSR count). The van der Waals surface area contributed by atoms with Gasteiger partial charge in [0.15, 0.2) is 11.5 Å². The zero-order valence-electron chi connectivity index (χ0n) is 17.2. The van der Waals surface area contributed by atoms with Gasteiger partial charge in [0.25, 0.3) is 0 Å². The van der Waals surface area contributed by atoms with Crippen molar-refractivity contribution in [2.75, 3.05) is 32.6 Å². The summed E-state index contributed by atoms with van der Waals surface area (Å²) in [6.45, 7) is 1.49. The second-order valence-corrected chi connectivity index (χ2v) is 7.93. The van der Waals surface area contributed by atoms with Gasteiger partial charge in [0.2, 0.25) is 0 Å². The summed E-state index contributed by atoms with van der Waals surface area (Å²) in [6, 6.07) is 7.28. The third kappa shape index (κ3) is 4.71. The highest BCUT2D eigenvalue weighted by Crippen LogP contribution is 2.47. The molecular formula is C21H22ClN7O2. The summed E-state index contributed by atoms with van der Waals surface area (Å²) in [5.74, 6) is 2.21. The van der Waals surface area contributed by atoms with Crippen LogP contribution in [0.15, 0.2) is 30.6 Å². The average Bonchev–Trinajstić information content (AvgIpc) is 3.40. The SMILES string of the molecule is CNCC1(COc2cc(Cl)cc(OC)c2-c2cc(Nc3cnc(C#N)cn3)n[nH]2)CC1. The molecule has 0 atom stereocenters. The summed E-state index contributed by atoms with van der Waals surface area (Å²) in [6.07, 6.45) is 5.12. The highest BCUT2D eigenvalue weighted by Gasteiger charge is 2.43. The Hall–Kier alpha value is -3.35. The predicted molar refractivity (Wildman–Crippen MR) is 117 cm³/mol. The number of aromatic amines is 1. The third-order valence-corrected chi connectivity index (χ3v) is 5.38. The predicted octanol–water partition coefficient (Wildman–Crippen LogP) is 3.52. The van der Waals surface area contributed by atoms with E-state index in [0.29, 0.717) is 40.5 Å². The Morgan fingerprint density at radius 1 is 1.19 bits per heavy atom. The number of halogens is 1. The zero-order valence-corrected chi connectivity index (χ0v) is 18.0. The minimum atomic E-state index is 0.163. The van der Waals surface area contributed by atoms with Gasteiger partial charge in [0.1, 0.15) is 23.4 Å². The fourth-order valence-electron chi connectivity index (χ4n) is 3.35. The van der Waals surface area contributed by atoms with Crippen molar-refractivity contribution in [1.29, 1.82) is 5.26 Å². The van der Waals surface area contributed by atoms with Crippen molar-refractivity contribution in [2.24, 2.45) is 5.41 Å². The van der Waals surface area contributed by atoms with Crippen LogP contribution in [0.1, 0.15) is 18.5 Å². The van der Waals surface area contributed by atoms with Crippen LogP contribution in [-0.2, 0) is 0 Å². The molecule has 1 aliphatic carbocycles. The second-order valence-electron chi connectivity index (χ2n) is 7.49. The highest BCUT2D eigenvalue weighted by atomic mass is 35.5. The van der Waals surface area contributed by atoms with Crippen LogP contribution in [0.2, 0.25) is 5.02 Å². The van der Waals surface area contributed by atoms with E-state index in [0.717, 1.165) is 24.9 Å². The number of benzene rings is 1. The van der Waals surface area contributed by atoms with E-state index in [1.165, 1.54) is 12.4 Å². The summed E-state index contributed by atoms with van der Waals surface area (Å²) in [4.78, 5) is 8.14. The first-order valence-corrected chi connectivity index (χ1v) is 10.1. The molecule has 3 aromatic rings. The number of ether oxygens (including phenoxy) is 2. The number of H-pyrrole nitrogens is 1. The molecule has 0 amide bonds. The molecule has 1 aromatic carbocycles. The maximum absolute atomic E-state index is 8.84. The summed E-state index contributed by atoms with van der Waals surface area (Å²) >= 11 is 6.30. The Labute approximate surface area is 184 Å². The Bertz CT molecular complexity index is 1100. The van der Waals surface area contributed by atoms with E-state index < -0.39 is 0 Å². The number of methoxy groups -OCH3 is 1. The van der Waals surface area contributed by atoms with Crippen LogP contribution < -0.4 is 20.1 Å². The van der Waals surface area contributed by atoms with Gasteiger partial charge in [-0.15, -0.1) is 0 Å². The Morgan fingerprint density at radius 2 is 2.00 bits per heavy atom. The van der Waals surface area contributed by atoms with Crippen molar-refractivity contribution in [3.05, 3.63) is 41.3 Å². The molecule has 0 unspecified atom stereocenters. The van der Waals surface area contributed by atoms with Crippen molar-refractivity contribution in [3.63, 3.8) is 0 Å². The summed E-state index contributed by atoms with van der Waals surface area (Å²) in [7, 11) is 3.54. The lowest BCUT2D eigenvalue weighted by Crippen LogP contribution is -2.25. The average molecular weight is 440 g/mol. The largest absolute Gasteiger partial charge is 0.496 e. The van der Waals surface area contributed by atoms with Gasteiger partial charge < -0.3 is 20.1 Å². The van der Waals surface area contributed by atoms with Crippen LogP contribution in [0.25, 0.3) is 11.3 Å². The molecule has 0 saturated heterocycles. The van der Waals surface area contributed by atoms with E-state index in [2.05, 4.69) is 30.8 Å². The van der Waals surface area contributed by atoms with E-state index in [9.17, 15) is 0 Å². The molecule has 0 bridgehead atoms. The molecule has 2 heterocycles. The van der Waals surface area contributed by atoms with E-state index in [1.54, 1.807) is 19.2 Å². The Morgan fingerprint density at radius 3 is 2.65 bits per heavy atom. The van der Waals surface area contributed by atoms with Crippen LogP contribution in [0.3, 0.4) is 0 Å². The van der Waals surface area contributed by atoms with Gasteiger partial charge in [-0.05, 0) is 32.0 Å². The molecule has 0 spiro atoms. The maximum atomic E-state index is 8.84. The number of hydrogen-bond acceptors (Lipinski definition) is 8. The van der Waals surface area contributed by atoms with Gasteiger partial charge in [-0.1, -0.05) is 11.6 Å². The van der Waals surface area contributed by atoms with E-state index in [-0.39, 0.29) is 11.1 Å². The van der Waals surface area contributed by atoms with Gasteiger partial charge in [0.05, 0.1) is 37.4 Å². The number of anilines is 2. The van der Waals surface area contributed by atoms with Crippen LogP contribution in [0, 0.1) is 16.7 Å². The van der Waals surface area contributed by atoms with Crippen molar-refractivity contribution in [1.82, 2.24) is 25.5 Å². The highest BCUT2D eigenvalue weighted by molar-refractivity contribution is 6.31. The minimum absolute atomic E-state index is 0.163. The first kappa shape index (κ1) is 20.9. The fraction of sp³-hybridized carbons (Fsp3) is 0.333. The van der Waals surface area contributed by atoms with Crippen molar-refractivity contribution in [2.45, 2.75) is 12.8 Å². The zero-order chi connectivity index (χ0) is 21.8.